The molecule has 0 aliphatic carbocycles. The van der Waals surface area contributed by atoms with E-state index in [1.807, 2.05) is 0 Å². The molecular weight excluding hydrogens is 237 g/mol. The predicted molar refractivity (Wildman–Crippen MR) is 35.3 cm³/mol. The summed E-state index contributed by atoms with van der Waals surface area (Å²) in [5, 5.41) is 0. The average molecular weight is 245 g/mol. The third kappa shape index (κ3) is 10.8. The normalized spacial score (nSPS) is 20.2. The standard InChI is InChI=1S/Cd.H5P3S/c;1-3-4-2/h;3H,1-2H2/i;2T,3D. The number of hydrogen-bond acceptors (Lipinski definition) is 1. The Morgan fingerprint density at radius 1 is 2.40 bits per heavy atom. The minimum atomic E-state index is -0.692. The zero-order chi connectivity index (χ0) is 4.99. The van der Waals surface area contributed by atoms with Gasteiger partial charge in [0.1, 0.15) is 0 Å². The van der Waals surface area contributed by atoms with E-state index in [0.717, 1.165) is 0 Å². The minimum Gasteiger partial charge on any atom is -0.113 e. The van der Waals surface area contributed by atoms with Crippen molar-refractivity contribution in [2.45, 2.75) is 0 Å². The molecule has 0 radical (unpaired) electrons. The molecule has 0 bridgehead atoms. The summed E-state index contributed by atoms with van der Waals surface area (Å²) in [5.41, 5.74) is 0. The molecule has 0 saturated carbocycles. The summed E-state index contributed by atoms with van der Waals surface area (Å²) in [7, 11) is 1.79. The molecule has 0 amide bonds. The fourth-order valence-corrected chi connectivity index (χ4v) is 0. The second-order valence-electron chi connectivity index (χ2n) is 0.197. The van der Waals surface area contributed by atoms with Crippen molar-refractivity contribution in [3.63, 3.8) is 0 Å². The van der Waals surface area contributed by atoms with Gasteiger partial charge in [-0.05, 0) is 7.42 Å². The van der Waals surface area contributed by atoms with Gasteiger partial charge in [0.2, 0.25) is 0 Å². The Bertz CT molecular complexity index is 34.1. The molecule has 0 aliphatic heterocycles. The first kappa shape index (κ1) is 5.69. The van der Waals surface area contributed by atoms with Crippen LogP contribution in [-0.4, -0.2) is 2.56 Å². The van der Waals surface area contributed by atoms with E-state index in [-0.39, 0.29) is 35.7 Å². The Labute approximate surface area is 65.3 Å². The minimum absolute atomic E-state index is 0. The molecule has 0 aliphatic rings. The van der Waals surface area contributed by atoms with Gasteiger partial charge in [0.15, 0.2) is 0 Å². The summed E-state index contributed by atoms with van der Waals surface area (Å²) in [4.78, 5) is 0. The zero-order valence-corrected chi connectivity index (χ0v) is 10.5. The van der Waals surface area contributed by atoms with Crippen molar-refractivity contribution in [2.24, 2.45) is 0 Å². The van der Waals surface area contributed by atoms with Gasteiger partial charge in [-0.2, -0.15) is 0 Å². The molecule has 3 atom stereocenters. The summed E-state index contributed by atoms with van der Waals surface area (Å²) in [6.45, 7) is 0. The van der Waals surface area contributed by atoms with Crippen LogP contribution in [0.25, 0.3) is 0 Å². The summed E-state index contributed by atoms with van der Waals surface area (Å²) >= 11 is 1.38. The molecule has 0 N–H and O–H groups in total. The Hall–Kier alpha value is 2.56. The molecular formula is H5CdP3S. The summed E-state index contributed by atoms with van der Waals surface area (Å²) in [6, 6.07) is 0. The Kier molecular flexibility index (Phi) is 11.1. The maximum atomic E-state index is 6.86. The molecule has 5 heavy (non-hydrogen) atoms. The molecule has 0 rings (SSSR count). The quantitative estimate of drug-likeness (QED) is 0.529. The number of rotatable bonds is 2. The van der Waals surface area contributed by atoms with E-state index in [1.54, 1.807) is 0 Å². The van der Waals surface area contributed by atoms with E-state index in [2.05, 4.69) is 8.93 Å². The van der Waals surface area contributed by atoms with Gasteiger partial charge in [-0.25, -0.2) is 0 Å². The molecule has 3 unspecified atom stereocenters. The van der Waals surface area contributed by atoms with Gasteiger partial charge in [-0.15, -0.1) is 19.9 Å². The Morgan fingerprint density at radius 2 is 3.00 bits per heavy atom. The van der Waals surface area contributed by atoms with Gasteiger partial charge in [0.25, 0.3) is 0 Å². The average Bonchev–Trinajstić information content (AvgIpc) is 1.35. The molecule has 5 heteroatoms. The Morgan fingerprint density at radius 3 is 3.00 bits per heavy atom. The SMILES string of the molecule is [2H]P(P)SP[3H].[Cd]. The van der Waals surface area contributed by atoms with Crippen molar-refractivity contribution in [1.29, 1.82) is 2.56 Å². The molecule has 0 fully saturated rings. The van der Waals surface area contributed by atoms with E-state index in [9.17, 15) is 0 Å². The topological polar surface area (TPSA) is 0 Å². The van der Waals surface area contributed by atoms with Crippen molar-refractivity contribution in [3.8, 4) is 0 Å². The molecule has 0 aromatic heterocycles. The molecule has 28 valence electrons. The van der Waals surface area contributed by atoms with Gasteiger partial charge in [-0.1, -0.05) is 8.39 Å². The fraction of sp³-hybridized carbons (Fsp3) is 0. The Balaban J connectivity index is 0. The monoisotopic (exact) mass is 247 g/mol. The van der Waals surface area contributed by atoms with Crippen LogP contribution in [0.15, 0.2) is 0 Å². The van der Waals surface area contributed by atoms with E-state index < -0.39 is 7.42 Å². The van der Waals surface area contributed by atoms with Gasteiger partial charge in [0.05, 0.1) is 2.56 Å². The van der Waals surface area contributed by atoms with Crippen LogP contribution < -0.4 is 0 Å². The van der Waals surface area contributed by atoms with Crippen LogP contribution in [-0.2, 0) is 27.3 Å². The van der Waals surface area contributed by atoms with Crippen LogP contribution in [0.5, 0.6) is 0 Å². The van der Waals surface area contributed by atoms with Crippen LogP contribution in [0.1, 0.15) is 0 Å². The summed E-state index contributed by atoms with van der Waals surface area (Å²) in [5.74, 6) is 0. The van der Waals surface area contributed by atoms with Gasteiger partial charge in [-0.3, -0.25) is 0 Å². The summed E-state index contributed by atoms with van der Waals surface area (Å²) < 4.78 is 13.5. The molecule has 0 spiro atoms. The van der Waals surface area contributed by atoms with Crippen molar-refractivity contribution in [3.05, 3.63) is 0 Å². The van der Waals surface area contributed by atoms with E-state index in [4.69, 9.17) is 2.56 Å². The predicted octanol–water partition coefficient (Wildman–Crippen LogP) is 1.89. The maximum Gasteiger partial charge on any atom is 0.0740 e. The first-order valence-electron chi connectivity index (χ1n) is 1.59. The third-order valence-corrected chi connectivity index (χ3v) is 4.27. The third-order valence-electron chi connectivity index (χ3n) is 0.0527. The van der Waals surface area contributed by atoms with Crippen LogP contribution in [0.2, 0.25) is 0 Å². The van der Waals surface area contributed by atoms with Crippen LogP contribution in [0, 0.1) is 0 Å². The fourth-order valence-electron chi connectivity index (χ4n) is 0. The van der Waals surface area contributed by atoms with E-state index >= 15 is 0 Å². The van der Waals surface area contributed by atoms with Crippen LogP contribution in [0.4, 0.5) is 0 Å². The first-order chi connectivity index (χ1) is 2.77. The second-order valence-corrected chi connectivity index (χ2v) is 5.31. The molecule has 0 nitrogen and oxygen atoms in total. The zero-order valence-electron chi connectivity index (χ0n) is 4.64. The van der Waals surface area contributed by atoms with Crippen molar-refractivity contribution in [1.82, 2.24) is 0 Å². The molecule has 0 saturated heterocycles. The molecule has 0 heterocycles. The maximum absolute atomic E-state index is 6.86. The molecule has 0 aromatic rings. The number of hydrogen-bond donors (Lipinski definition) is 0. The van der Waals surface area contributed by atoms with Crippen LogP contribution >= 0.6 is 35.7 Å². The van der Waals surface area contributed by atoms with Crippen molar-refractivity contribution in [2.75, 3.05) is 0 Å². The molecule has 0 aromatic carbocycles. The largest absolute Gasteiger partial charge is 0.113 e. The van der Waals surface area contributed by atoms with E-state index in [1.165, 1.54) is 11.0 Å². The van der Waals surface area contributed by atoms with E-state index in [0.29, 0.717) is 0 Å². The smallest absolute Gasteiger partial charge is 0.0740 e. The van der Waals surface area contributed by atoms with Gasteiger partial charge >= 0.3 is 0 Å². The van der Waals surface area contributed by atoms with Gasteiger partial charge < -0.3 is 0 Å². The van der Waals surface area contributed by atoms with Crippen molar-refractivity contribution < 1.29 is 27.3 Å². The van der Waals surface area contributed by atoms with Crippen LogP contribution in [0.3, 0.4) is 0 Å². The first-order valence-corrected chi connectivity index (χ1v) is 5.80. The second kappa shape index (κ2) is 9.75. The van der Waals surface area contributed by atoms with Crippen molar-refractivity contribution >= 4 is 35.7 Å². The summed E-state index contributed by atoms with van der Waals surface area (Å²) in [6.07, 6.45) is 0. The van der Waals surface area contributed by atoms with Gasteiger partial charge in [0, 0.05) is 27.3 Å².